The lowest BCUT2D eigenvalue weighted by molar-refractivity contribution is 0.415. The summed E-state index contributed by atoms with van der Waals surface area (Å²) in [4.78, 5) is 4.41. The van der Waals surface area contributed by atoms with E-state index in [1.165, 1.54) is 5.56 Å². The lowest BCUT2D eigenvalue weighted by Gasteiger charge is -2.05. The minimum Gasteiger partial charge on any atom is -0.497 e. The number of rotatable bonds is 3. The van der Waals surface area contributed by atoms with Gasteiger partial charge >= 0.3 is 0 Å². The number of imidazole rings is 1. The van der Waals surface area contributed by atoms with Crippen LogP contribution in [-0.2, 0) is 6.54 Å². The highest BCUT2D eigenvalue weighted by atomic mass is 16.5. The van der Waals surface area contributed by atoms with Gasteiger partial charge in [-0.05, 0) is 17.7 Å². The van der Waals surface area contributed by atoms with Crippen molar-refractivity contribution in [3.63, 3.8) is 0 Å². The van der Waals surface area contributed by atoms with Crippen LogP contribution in [0.5, 0.6) is 5.75 Å². The Morgan fingerprint density at radius 1 is 1.11 bits per heavy atom. The Bertz CT molecular complexity index is 659. The fraction of sp³-hybridized carbons (Fsp3) is 0.133. The molecular formula is C15H14N2O. The van der Waals surface area contributed by atoms with Crippen LogP contribution in [0.1, 0.15) is 5.56 Å². The Hall–Kier alpha value is -2.29. The van der Waals surface area contributed by atoms with Crippen LogP contribution in [0.25, 0.3) is 11.0 Å². The fourth-order valence-electron chi connectivity index (χ4n) is 2.08. The van der Waals surface area contributed by atoms with Gasteiger partial charge in [0.05, 0.1) is 24.5 Å². The second-order valence-electron chi connectivity index (χ2n) is 4.21. The van der Waals surface area contributed by atoms with Crippen LogP contribution in [0.3, 0.4) is 0 Å². The molecule has 0 amide bonds. The van der Waals surface area contributed by atoms with Gasteiger partial charge in [0, 0.05) is 12.6 Å². The molecule has 0 N–H and O–H groups in total. The molecule has 0 aliphatic carbocycles. The number of ether oxygens (including phenoxy) is 1. The molecule has 0 fully saturated rings. The van der Waals surface area contributed by atoms with E-state index in [0.717, 1.165) is 23.3 Å². The van der Waals surface area contributed by atoms with Gasteiger partial charge in [0.25, 0.3) is 0 Å². The standard InChI is InChI=1S/C15H14N2O/c1-18-13-7-8-15-14(9-13)16-11-17(15)10-12-5-3-2-4-6-12/h2-9,11H,10H2,1H3. The van der Waals surface area contributed by atoms with Gasteiger partial charge in [0.1, 0.15) is 5.75 Å². The molecule has 90 valence electrons. The third-order valence-electron chi connectivity index (χ3n) is 3.02. The summed E-state index contributed by atoms with van der Waals surface area (Å²) in [5.41, 5.74) is 3.36. The monoisotopic (exact) mass is 238 g/mol. The third-order valence-corrected chi connectivity index (χ3v) is 3.02. The van der Waals surface area contributed by atoms with Crippen LogP contribution in [0, 0.1) is 0 Å². The second kappa shape index (κ2) is 4.53. The van der Waals surface area contributed by atoms with E-state index in [0.29, 0.717) is 0 Å². The van der Waals surface area contributed by atoms with Crippen LogP contribution < -0.4 is 4.74 Å². The van der Waals surface area contributed by atoms with Gasteiger partial charge < -0.3 is 9.30 Å². The van der Waals surface area contributed by atoms with Crippen molar-refractivity contribution in [2.75, 3.05) is 7.11 Å². The van der Waals surface area contributed by atoms with E-state index >= 15 is 0 Å². The molecule has 0 aliphatic rings. The lowest BCUT2D eigenvalue weighted by Crippen LogP contribution is -1.97. The van der Waals surface area contributed by atoms with Crippen LogP contribution in [0.2, 0.25) is 0 Å². The van der Waals surface area contributed by atoms with Crippen molar-refractivity contribution >= 4 is 11.0 Å². The van der Waals surface area contributed by atoms with E-state index in [9.17, 15) is 0 Å². The quantitative estimate of drug-likeness (QED) is 0.701. The second-order valence-corrected chi connectivity index (χ2v) is 4.21. The summed E-state index contributed by atoms with van der Waals surface area (Å²) in [6, 6.07) is 16.3. The number of nitrogens with zero attached hydrogens (tertiary/aromatic N) is 2. The molecule has 0 saturated heterocycles. The average molecular weight is 238 g/mol. The van der Waals surface area contributed by atoms with Crippen LogP contribution in [-0.4, -0.2) is 16.7 Å². The minimum absolute atomic E-state index is 0.837. The van der Waals surface area contributed by atoms with E-state index in [2.05, 4.69) is 33.8 Å². The number of hydrogen-bond donors (Lipinski definition) is 0. The van der Waals surface area contributed by atoms with Crippen molar-refractivity contribution < 1.29 is 4.74 Å². The zero-order chi connectivity index (χ0) is 12.4. The number of benzene rings is 2. The Morgan fingerprint density at radius 3 is 2.72 bits per heavy atom. The average Bonchev–Trinajstić information content (AvgIpc) is 2.82. The highest BCUT2D eigenvalue weighted by molar-refractivity contribution is 5.77. The maximum Gasteiger partial charge on any atom is 0.121 e. The molecule has 0 saturated carbocycles. The van der Waals surface area contributed by atoms with Gasteiger partial charge in [-0.2, -0.15) is 0 Å². The summed E-state index contributed by atoms with van der Waals surface area (Å²) in [5.74, 6) is 0.840. The van der Waals surface area contributed by atoms with Gasteiger partial charge in [-0.1, -0.05) is 30.3 Å². The Morgan fingerprint density at radius 2 is 1.94 bits per heavy atom. The molecule has 0 bridgehead atoms. The van der Waals surface area contributed by atoms with Crippen molar-refractivity contribution in [1.29, 1.82) is 0 Å². The van der Waals surface area contributed by atoms with Crippen molar-refractivity contribution in [2.24, 2.45) is 0 Å². The van der Waals surface area contributed by atoms with Crippen LogP contribution in [0.4, 0.5) is 0 Å². The maximum atomic E-state index is 5.20. The molecule has 3 heteroatoms. The largest absolute Gasteiger partial charge is 0.497 e. The van der Waals surface area contributed by atoms with E-state index in [1.54, 1.807) is 7.11 Å². The summed E-state index contributed by atoms with van der Waals surface area (Å²) in [6.07, 6.45) is 1.87. The molecule has 0 atom stereocenters. The molecule has 3 aromatic rings. The van der Waals surface area contributed by atoms with Crippen molar-refractivity contribution in [3.05, 3.63) is 60.4 Å². The number of methoxy groups -OCH3 is 1. The molecule has 3 nitrogen and oxygen atoms in total. The number of hydrogen-bond acceptors (Lipinski definition) is 2. The van der Waals surface area contributed by atoms with Crippen molar-refractivity contribution in [2.45, 2.75) is 6.54 Å². The predicted octanol–water partition coefficient (Wildman–Crippen LogP) is 3.09. The normalized spacial score (nSPS) is 10.7. The molecule has 0 aliphatic heterocycles. The van der Waals surface area contributed by atoms with Gasteiger partial charge in [-0.3, -0.25) is 0 Å². The predicted molar refractivity (Wildman–Crippen MR) is 71.8 cm³/mol. The Kier molecular flexibility index (Phi) is 2.73. The molecule has 0 unspecified atom stereocenters. The molecule has 0 radical (unpaired) electrons. The third kappa shape index (κ3) is 1.95. The molecular weight excluding hydrogens is 224 g/mol. The van der Waals surface area contributed by atoms with Crippen LogP contribution >= 0.6 is 0 Å². The highest BCUT2D eigenvalue weighted by Gasteiger charge is 2.04. The summed E-state index contributed by atoms with van der Waals surface area (Å²) in [5, 5.41) is 0. The topological polar surface area (TPSA) is 27.1 Å². The first-order chi connectivity index (χ1) is 8.86. The van der Waals surface area contributed by atoms with Gasteiger partial charge in [0.2, 0.25) is 0 Å². The Labute approximate surface area is 106 Å². The first-order valence-electron chi connectivity index (χ1n) is 5.89. The van der Waals surface area contributed by atoms with Crippen molar-refractivity contribution in [1.82, 2.24) is 9.55 Å². The number of aromatic nitrogens is 2. The number of fused-ring (bicyclic) bond motifs is 1. The van der Waals surface area contributed by atoms with E-state index in [1.807, 2.05) is 30.6 Å². The minimum atomic E-state index is 0.837. The zero-order valence-electron chi connectivity index (χ0n) is 10.2. The molecule has 0 spiro atoms. The van der Waals surface area contributed by atoms with Gasteiger partial charge in [0.15, 0.2) is 0 Å². The first kappa shape index (κ1) is 10.8. The van der Waals surface area contributed by atoms with Gasteiger partial charge in [-0.25, -0.2) is 4.98 Å². The SMILES string of the molecule is COc1ccc2c(c1)ncn2Cc1ccccc1. The van der Waals surface area contributed by atoms with Crippen LogP contribution in [0.15, 0.2) is 54.9 Å². The maximum absolute atomic E-state index is 5.20. The molecule has 18 heavy (non-hydrogen) atoms. The molecule has 1 aromatic heterocycles. The van der Waals surface area contributed by atoms with E-state index in [-0.39, 0.29) is 0 Å². The molecule has 1 heterocycles. The van der Waals surface area contributed by atoms with E-state index in [4.69, 9.17) is 4.74 Å². The lowest BCUT2D eigenvalue weighted by atomic mass is 10.2. The zero-order valence-corrected chi connectivity index (χ0v) is 10.2. The summed E-state index contributed by atoms with van der Waals surface area (Å²) >= 11 is 0. The fourth-order valence-corrected chi connectivity index (χ4v) is 2.08. The van der Waals surface area contributed by atoms with Crippen molar-refractivity contribution in [3.8, 4) is 5.75 Å². The first-order valence-corrected chi connectivity index (χ1v) is 5.89. The smallest absolute Gasteiger partial charge is 0.121 e. The molecule has 2 aromatic carbocycles. The summed E-state index contributed by atoms with van der Waals surface area (Å²) in [6.45, 7) is 0.837. The van der Waals surface area contributed by atoms with E-state index < -0.39 is 0 Å². The van der Waals surface area contributed by atoms with Gasteiger partial charge in [-0.15, -0.1) is 0 Å². The molecule has 3 rings (SSSR count). The summed E-state index contributed by atoms with van der Waals surface area (Å²) < 4.78 is 7.34. The highest BCUT2D eigenvalue weighted by Crippen LogP contribution is 2.20. The summed E-state index contributed by atoms with van der Waals surface area (Å²) in [7, 11) is 1.67. The Balaban J connectivity index is 1.98.